The quantitative estimate of drug-likeness (QED) is 0.792. The van der Waals surface area contributed by atoms with Crippen molar-refractivity contribution >= 4 is 22.4 Å². The van der Waals surface area contributed by atoms with Crippen LogP contribution < -0.4 is 4.90 Å². The summed E-state index contributed by atoms with van der Waals surface area (Å²) in [5.74, 6) is -0.329. The standard InChI is InChI=1S/C13H21N3O2S/c1-4-18-12(17)11-9-19-13(14-11)16-7-5-6-15(3)8-10(16)2/h9-10H,4-8H2,1-3H3. The molecule has 0 aromatic carbocycles. The van der Waals surface area contributed by atoms with Crippen LogP contribution in [0.15, 0.2) is 5.38 Å². The van der Waals surface area contributed by atoms with Crippen LogP contribution >= 0.6 is 11.3 Å². The number of rotatable bonds is 3. The monoisotopic (exact) mass is 283 g/mol. The number of nitrogens with zero attached hydrogens (tertiary/aromatic N) is 3. The Balaban J connectivity index is 2.10. The van der Waals surface area contributed by atoms with Gasteiger partial charge in [-0.3, -0.25) is 0 Å². The van der Waals surface area contributed by atoms with Gasteiger partial charge in [-0.1, -0.05) is 0 Å². The van der Waals surface area contributed by atoms with Crippen molar-refractivity contribution in [1.29, 1.82) is 0 Å². The van der Waals surface area contributed by atoms with Gasteiger partial charge in [0.2, 0.25) is 0 Å². The van der Waals surface area contributed by atoms with Crippen molar-refractivity contribution in [3.05, 3.63) is 11.1 Å². The predicted octanol–water partition coefficient (Wildman–Crippen LogP) is 1.85. The van der Waals surface area contributed by atoms with Gasteiger partial charge in [0, 0.05) is 24.5 Å². The number of ether oxygens (including phenoxy) is 1. The van der Waals surface area contributed by atoms with E-state index in [1.165, 1.54) is 11.3 Å². The first kappa shape index (κ1) is 14.3. The number of hydrogen-bond donors (Lipinski definition) is 0. The highest BCUT2D eigenvalue weighted by molar-refractivity contribution is 7.13. The molecule has 2 heterocycles. The predicted molar refractivity (Wildman–Crippen MR) is 77.0 cm³/mol. The molecular formula is C13H21N3O2S. The Hall–Kier alpha value is -1.14. The molecule has 1 aromatic rings. The molecule has 1 saturated heterocycles. The fraction of sp³-hybridized carbons (Fsp3) is 0.692. The zero-order valence-corrected chi connectivity index (χ0v) is 12.6. The van der Waals surface area contributed by atoms with Gasteiger partial charge in [-0.05, 0) is 33.9 Å². The second kappa shape index (κ2) is 6.34. The lowest BCUT2D eigenvalue weighted by molar-refractivity contribution is 0.0520. The van der Waals surface area contributed by atoms with Crippen molar-refractivity contribution in [3.8, 4) is 0 Å². The van der Waals surface area contributed by atoms with Gasteiger partial charge in [0.25, 0.3) is 0 Å². The molecule has 19 heavy (non-hydrogen) atoms. The molecule has 1 aliphatic rings. The molecule has 2 rings (SSSR count). The van der Waals surface area contributed by atoms with Crippen molar-refractivity contribution in [3.63, 3.8) is 0 Å². The SMILES string of the molecule is CCOC(=O)c1csc(N2CCCN(C)CC2C)n1. The Morgan fingerprint density at radius 2 is 2.37 bits per heavy atom. The van der Waals surface area contributed by atoms with E-state index in [1.54, 1.807) is 12.3 Å². The van der Waals surface area contributed by atoms with Crippen LogP contribution in [0.2, 0.25) is 0 Å². The van der Waals surface area contributed by atoms with E-state index in [0.717, 1.165) is 31.2 Å². The normalized spacial score (nSPS) is 21.2. The summed E-state index contributed by atoms with van der Waals surface area (Å²) >= 11 is 1.52. The smallest absolute Gasteiger partial charge is 0.357 e. The zero-order chi connectivity index (χ0) is 13.8. The highest BCUT2D eigenvalue weighted by Crippen LogP contribution is 2.24. The van der Waals surface area contributed by atoms with E-state index in [2.05, 4.69) is 28.8 Å². The van der Waals surface area contributed by atoms with E-state index < -0.39 is 0 Å². The summed E-state index contributed by atoms with van der Waals surface area (Å²) in [5, 5.41) is 2.71. The second-order valence-electron chi connectivity index (χ2n) is 4.89. The van der Waals surface area contributed by atoms with Crippen molar-refractivity contribution in [1.82, 2.24) is 9.88 Å². The van der Waals surface area contributed by atoms with Crippen molar-refractivity contribution < 1.29 is 9.53 Å². The van der Waals surface area contributed by atoms with Crippen molar-refractivity contribution in [2.45, 2.75) is 26.3 Å². The van der Waals surface area contributed by atoms with Crippen LogP contribution in [0.25, 0.3) is 0 Å². The lowest BCUT2D eigenvalue weighted by Gasteiger charge is -2.27. The summed E-state index contributed by atoms with van der Waals surface area (Å²) in [5.41, 5.74) is 0.423. The molecule has 1 aromatic heterocycles. The summed E-state index contributed by atoms with van der Waals surface area (Å²) < 4.78 is 4.98. The first-order valence-corrected chi connectivity index (χ1v) is 7.57. The molecule has 1 atom stereocenters. The first-order valence-electron chi connectivity index (χ1n) is 6.69. The highest BCUT2D eigenvalue weighted by atomic mass is 32.1. The third-order valence-electron chi connectivity index (χ3n) is 3.27. The van der Waals surface area contributed by atoms with Gasteiger partial charge in [-0.2, -0.15) is 0 Å². The van der Waals surface area contributed by atoms with E-state index in [9.17, 15) is 4.79 Å². The molecule has 1 aliphatic heterocycles. The summed E-state index contributed by atoms with van der Waals surface area (Å²) in [7, 11) is 2.14. The number of likely N-dealkylation sites (N-methyl/N-ethyl adjacent to an activating group) is 1. The summed E-state index contributed by atoms with van der Waals surface area (Å²) in [6.45, 7) is 7.51. The number of carbonyl (C=O) groups excluding carboxylic acids is 1. The number of esters is 1. The summed E-state index contributed by atoms with van der Waals surface area (Å²) in [6, 6.07) is 0.411. The van der Waals surface area contributed by atoms with Crippen LogP contribution in [0.4, 0.5) is 5.13 Å². The van der Waals surface area contributed by atoms with E-state index in [1.807, 2.05) is 0 Å². The molecule has 0 spiro atoms. The summed E-state index contributed by atoms with van der Waals surface area (Å²) in [6.07, 6.45) is 1.12. The number of thiazole rings is 1. The number of aromatic nitrogens is 1. The minimum Gasteiger partial charge on any atom is -0.461 e. The Kier molecular flexibility index (Phi) is 4.76. The van der Waals surface area contributed by atoms with Crippen molar-refractivity contribution in [2.24, 2.45) is 0 Å². The third-order valence-corrected chi connectivity index (χ3v) is 4.15. The fourth-order valence-electron chi connectivity index (χ4n) is 2.35. The van der Waals surface area contributed by atoms with Crippen LogP contribution in [0.1, 0.15) is 30.8 Å². The summed E-state index contributed by atoms with van der Waals surface area (Å²) in [4.78, 5) is 20.7. The molecule has 0 bridgehead atoms. The third kappa shape index (κ3) is 3.45. The van der Waals surface area contributed by atoms with Gasteiger partial charge in [0.1, 0.15) is 0 Å². The van der Waals surface area contributed by atoms with Crippen LogP contribution in [0.3, 0.4) is 0 Å². The molecule has 0 N–H and O–H groups in total. The van der Waals surface area contributed by atoms with Crippen LogP contribution in [0.5, 0.6) is 0 Å². The molecular weight excluding hydrogens is 262 g/mol. The topological polar surface area (TPSA) is 45.7 Å². The molecule has 0 radical (unpaired) electrons. The molecule has 1 unspecified atom stereocenters. The van der Waals surface area contributed by atoms with Gasteiger partial charge in [0.05, 0.1) is 6.61 Å². The largest absolute Gasteiger partial charge is 0.461 e. The minimum atomic E-state index is -0.329. The molecule has 0 aliphatic carbocycles. The van der Waals surface area contributed by atoms with E-state index in [-0.39, 0.29) is 5.97 Å². The van der Waals surface area contributed by atoms with Gasteiger partial charge >= 0.3 is 5.97 Å². The zero-order valence-electron chi connectivity index (χ0n) is 11.8. The Labute approximate surface area is 118 Å². The maximum atomic E-state index is 11.6. The highest BCUT2D eigenvalue weighted by Gasteiger charge is 2.23. The number of hydrogen-bond acceptors (Lipinski definition) is 6. The molecule has 0 saturated carbocycles. The average molecular weight is 283 g/mol. The average Bonchev–Trinajstić information content (AvgIpc) is 2.77. The molecule has 0 amide bonds. The Morgan fingerprint density at radius 3 is 3.11 bits per heavy atom. The van der Waals surface area contributed by atoms with Gasteiger partial charge < -0.3 is 14.5 Å². The van der Waals surface area contributed by atoms with E-state index >= 15 is 0 Å². The van der Waals surface area contributed by atoms with Gasteiger partial charge in [-0.15, -0.1) is 11.3 Å². The number of carbonyl (C=O) groups is 1. The van der Waals surface area contributed by atoms with Crippen LogP contribution in [-0.4, -0.2) is 55.2 Å². The lowest BCUT2D eigenvalue weighted by atomic mass is 10.3. The fourth-order valence-corrected chi connectivity index (χ4v) is 3.28. The van der Waals surface area contributed by atoms with Gasteiger partial charge in [-0.25, -0.2) is 9.78 Å². The van der Waals surface area contributed by atoms with Crippen molar-refractivity contribution in [2.75, 3.05) is 38.2 Å². The maximum Gasteiger partial charge on any atom is 0.357 e. The molecule has 1 fully saturated rings. The Bertz CT molecular complexity index is 435. The molecule has 6 heteroatoms. The molecule has 5 nitrogen and oxygen atoms in total. The lowest BCUT2D eigenvalue weighted by Crippen LogP contribution is -2.37. The van der Waals surface area contributed by atoms with E-state index in [4.69, 9.17) is 4.74 Å². The molecule has 106 valence electrons. The second-order valence-corrected chi connectivity index (χ2v) is 5.73. The number of anilines is 1. The minimum absolute atomic E-state index is 0.329. The first-order chi connectivity index (χ1) is 9.11. The Morgan fingerprint density at radius 1 is 1.58 bits per heavy atom. The van der Waals surface area contributed by atoms with Crippen LogP contribution in [0, 0.1) is 0 Å². The maximum absolute atomic E-state index is 11.6. The van der Waals surface area contributed by atoms with Crippen LogP contribution in [-0.2, 0) is 4.74 Å². The van der Waals surface area contributed by atoms with Gasteiger partial charge in [0.15, 0.2) is 10.8 Å². The van der Waals surface area contributed by atoms with E-state index in [0.29, 0.717) is 18.3 Å².